The number of methoxy groups -OCH3 is 1. The van der Waals surface area contributed by atoms with Crippen LogP contribution in [0.25, 0.3) is 22.3 Å². The van der Waals surface area contributed by atoms with E-state index in [0.29, 0.717) is 36.3 Å². The number of amides is 1. The largest absolute Gasteiger partial charge is 0.497 e. The van der Waals surface area contributed by atoms with Crippen molar-refractivity contribution in [2.75, 3.05) is 20.3 Å². The molecule has 0 aromatic heterocycles. The topological polar surface area (TPSA) is 84.9 Å². The smallest absolute Gasteiger partial charge is 0.341 e. The number of benzene rings is 5. The van der Waals surface area contributed by atoms with Crippen molar-refractivity contribution in [1.82, 2.24) is 5.32 Å². The Morgan fingerprint density at radius 3 is 2.07 bits per heavy atom. The van der Waals surface area contributed by atoms with Crippen molar-refractivity contribution in [2.45, 2.75) is 12.8 Å². The van der Waals surface area contributed by atoms with Gasteiger partial charge in [-0.1, -0.05) is 84.9 Å². The van der Waals surface area contributed by atoms with Crippen LogP contribution in [0.4, 0.5) is 4.39 Å². The Kier molecular flexibility index (Phi) is 9.67. The second-order valence-corrected chi connectivity index (χ2v) is 10.3. The number of hydrogen-bond donors (Lipinski definition) is 2. The SMILES string of the molecule is COc1ccc(-c2cc(Cc3ccccc3)cc(-c3cccc(C(=O)NCCc4ccccc4)c3F)c2OCC(=O)O)cc1. The number of rotatable bonds is 12. The van der Waals surface area contributed by atoms with Gasteiger partial charge in [0.25, 0.3) is 5.91 Å². The fraction of sp³-hybridized carbons (Fsp3) is 0.135. The summed E-state index contributed by atoms with van der Waals surface area (Å²) < 4.78 is 27.5. The minimum absolute atomic E-state index is 0.112. The van der Waals surface area contributed by atoms with E-state index in [1.165, 1.54) is 6.07 Å². The van der Waals surface area contributed by atoms with Crippen LogP contribution in [0.2, 0.25) is 0 Å². The van der Waals surface area contributed by atoms with Crippen molar-refractivity contribution in [1.29, 1.82) is 0 Å². The fourth-order valence-electron chi connectivity index (χ4n) is 5.07. The van der Waals surface area contributed by atoms with Gasteiger partial charge in [-0.25, -0.2) is 9.18 Å². The Labute approximate surface area is 255 Å². The predicted molar refractivity (Wildman–Crippen MR) is 169 cm³/mol. The molecule has 1 amide bonds. The molecule has 2 N–H and O–H groups in total. The Balaban J connectivity index is 1.59. The van der Waals surface area contributed by atoms with Crippen LogP contribution in [0, 0.1) is 5.82 Å². The zero-order chi connectivity index (χ0) is 30.9. The van der Waals surface area contributed by atoms with E-state index in [2.05, 4.69) is 5.32 Å². The number of halogens is 1. The molecule has 0 aliphatic carbocycles. The number of nitrogens with one attached hydrogen (secondary N) is 1. The number of carbonyl (C=O) groups is 2. The van der Waals surface area contributed by atoms with E-state index in [1.807, 2.05) is 78.9 Å². The maximum Gasteiger partial charge on any atom is 0.341 e. The lowest BCUT2D eigenvalue weighted by Crippen LogP contribution is -2.26. The van der Waals surface area contributed by atoms with Crippen LogP contribution in [0.5, 0.6) is 11.5 Å². The normalized spacial score (nSPS) is 10.7. The molecule has 7 heteroatoms. The zero-order valence-electron chi connectivity index (χ0n) is 24.3. The summed E-state index contributed by atoms with van der Waals surface area (Å²) in [5, 5.41) is 12.3. The molecule has 5 rings (SSSR count). The van der Waals surface area contributed by atoms with E-state index in [1.54, 1.807) is 37.4 Å². The van der Waals surface area contributed by atoms with Gasteiger partial charge in [-0.15, -0.1) is 0 Å². The van der Waals surface area contributed by atoms with Crippen LogP contribution in [-0.4, -0.2) is 37.2 Å². The van der Waals surface area contributed by atoms with Crippen molar-refractivity contribution >= 4 is 11.9 Å². The molecule has 0 bridgehead atoms. The van der Waals surface area contributed by atoms with Gasteiger partial charge in [-0.05, 0) is 65.4 Å². The van der Waals surface area contributed by atoms with E-state index in [4.69, 9.17) is 9.47 Å². The third kappa shape index (κ3) is 7.31. The quantitative estimate of drug-likeness (QED) is 0.161. The lowest BCUT2D eigenvalue weighted by atomic mass is 9.91. The Morgan fingerprint density at radius 2 is 1.41 bits per heavy atom. The molecule has 5 aromatic rings. The van der Waals surface area contributed by atoms with E-state index >= 15 is 4.39 Å². The average molecular weight is 590 g/mol. The highest BCUT2D eigenvalue weighted by Gasteiger charge is 2.22. The number of carboxylic acids is 1. The fourth-order valence-corrected chi connectivity index (χ4v) is 5.07. The first kappa shape index (κ1) is 30.0. The van der Waals surface area contributed by atoms with Crippen LogP contribution in [0.15, 0.2) is 115 Å². The van der Waals surface area contributed by atoms with E-state index < -0.39 is 24.3 Å². The van der Waals surface area contributed by atoms with Gasteiger partial charge in [-0.3, -0.25) is 4.79 Å². The number of ether oxygens (including phenoxy) is 2. The standard InChI is InChI=1S/C37H32FNO5/c1-43-29-17-15-28(16-18-29)32-22-27(21-26-11-6-3-7-12-26)23-33(36(32)44-24-34(40)41)30-13-8-14-31(35(30)38)37(42)39-20-19-25-9-4-2-5-10-25/h2-18,22-23H,19-21,24H2,1H3,(H,39,42)(H,40,41). The molecule has 6 nitrogen and oxygen atoms in total. The van der Waals surface area contributed by atoms with Gasteiger partial charge >= 0.3 is 5.97 Å². The minimum Gasteiger partial charge on any atom is -0.497 e. The molecule has 222 valence electrons. The summed E-state index contributed by atoms with van der Waals surface area (Å²) in [4.78, 5) is 24.7. The second-order valence-electron chi connectivity index (χ2n) is 10.3. The van der Waals surface area contributed by atoms with Crippen LogP contribution >= 0.6 is 0 Å². The summed E-state index contributed by atoms with van der Waals surface area (Å²) in [6, 6.07) is 35.2. The minimum atomic E-state index is -1.17. The van der Waals surface area contributed by atoms with Gasteiger partial charge < -0.3 is 19.9 Å². The van der Waals surface area contributed by atoms with Crippen LogP contribution < -0.4 is 14.8 Å². The van der Waals surface area contributed by atoms with Crippen molar-refractivity contribution in [3.8, 4) is 33.8 Å². The number of carboxylic acid groups (broad SMARTS) is 1. The summed E-state index contributed by atoms with van der Waals surface area (Å²) in [6.45, 7) is -0.289. The molecule has 0 aliphatic heterocycles. The lowest BCUT2D eigenvalue weighted by Gasteiger charge is -2.19. The summed E-state index contributed by atoms with van der Waals surface area (Å²) in [7, 11) is 1.57. The molecule has 0 unspecified atom stereocenters. The molecule has 0 heterocycles. The Bertz CT molecular complexity index is 1740. The van der Waals surface area contributed by atoms with Crippen molar-refractivity contribution < 1.29 is 28.6 Å². The highest BCUT2D eigenvalue weighted by molar-refractivity contribution is 5.96. The van der Waals surface area contributed by atoms with Gasteiger partial charge in [0.15, 0.2) is 6.61 Å². The van der Waals surface area contributed by atoms with Crippen LogP contribution in [-0.2, 0) is 17.6 Å². The Hall–Kier alpha value is -5.43. The van der Waals surface area contributed by atoms with E-state index in [-0.39, 0.29) is 16.9 Å². The first-order valence-corrected chi connectivity index (χ1v) is 14.2. The maximum atomic E-state index is 16.3. The first-order valence-electron chi connectivity index (χ1n) is 14.2. The number of hydrogen-bond acceptors (Lipinski definition) is 4. The first-order chi connectivity index (χ1) is 21.4. The van der Waals surface area contributed by atoms with Crippen LogP contribution in [0.3, 0.4) is 0 Å². The monoisotopic (exact) mass is 589 g/mol. The molecule has 0 saturated heterocycles. The van der Waals surface area contributed by atoms with E-state index in [9.17, 15) is 14.7 Å². The predicted octanol–water partition coefficient (Wildman–Crippen LogP) is 7.20. The van der Waals surface area contributed by atoms with Gasteiger partial charge in [0.1, 0.15) is 17.3 Å². The van der Waals surface area contributed by atoms with Crippen molar-refractivity contribution in [3.63, 3.8) is 0 Å². The third-order valence-corrected chi connectivity index (χ3v) is 7.22. The average Bonchev–Trinajstić information content (AvgIpc) is 3.05. The van der Waals surface area contributed by atoms with Crippen LogP contribution in [0.1, 0.15) is 27.0 Å². The van der Waals surface area contributed by atoms with Gasteiger partial charge in [0.2, 0.25) is 0 Å². The molecule has 0 spiro atoms. The Morgan fingerprint density at radius 1 is 0.750 bits per heavy atom. The molecule has 5 aromatic carbocycles. The molecular weight excluding hydrogens is 557 g/mol. The van der Waals surface area contributed by atoms with E-state index in [0.717, 1.165) is 22.3 Å². The highest BCUT2D eigenvalue weighted by Crippen LogP contribution is 2.42. The molecule has 0 radical (unpaired) electrons. The summed E-state index contributed by atoms with van der Waals surface area (Å²) in [5.41, 5.74) is 4.66. The molecule has 0 aliphatic rings. The molecular formula is C37H32FNO5. The molecule has 0 saturated carbocycles. The number of aliphatic carboxylic acids is 1. The maximum absolute atomic E-state index is 16.3. The van der Waals surface area contributed by atoms with Gasteiger partial charge in [0, 0.05) is 23.2 Å². The van der Waals surface area contributed by atoms with Crippen molar-refractivity contribution in [3.05, 3.63) is 143 Å². The second kappa shape index (κ2) is 14.2. The summed E-state index contributed by atoms with van der Waals surface area (Å²) in [5.74, 6) is -1.57. The lowest BCUT2D eigenvalue weighted by molar-refractivity contribution is -0.139. The molecule has 44 heavy (non-hydrogen) atoms. The van der Waals surface area contributed by atoms with Gasteiger partial charge in [-0.2, -0.15) is 0 Å². The molecule has 0 fully saturated rings. The zero-order valence-corrected chi connectivity index (χ0v) is 24.3. The van der Waals surface area contributed by atoms with Crippen molar-refractivity contribution in [2.24, 2.45) is 0 Å². The summed E-state index contributed by atoms with van der Waals surface area (Å²) in [6.07, 6.45) is 1.14. The third-order valence-electron chi connectivity index (χ3n) is 7.22. The summed E-state index contributed by atoms with van der Waals surface area (Å²) >= 11 is 0. The number of carbonyl (C=O) groups excluding carboxylic acids is 1. The molecule has 0 atom stereocenters. The highest BCUT2D eigenvalue weighted by atomic mass is 19.1. The van der Waals surface area contributed by atoms with Gasteiger partial charge in [0.05, 0.1) is 12.7 Å².